The number of methoxy groups -OCH3 is 1. The minimum Gasteiger partial charge on any atom is -0.504 e. The van der Waals surface area contributed by atoms with Gasteiger partial charge in [-0.1, -0.05) is 12.1 Å². The summed E-state index contributed by atoms with van der Waals surface area (Å²) < 4.78 is 13.5. The smallest absolute Gasteiger partial charge is 0.165 e. The quantitative estimate of drug-likeness (QED) is 0.638. The third-order valence-corrected chi connectivity index (χ3v) is 12.5. The van der Waals surface area contributed by atoms with Crippen molar-refractivity contribution in [1.82, 2.24) is 4.90 Å². The number of nitrogens with zero attached hydrogens (tertiary/aromatic N) is 1. The number of aliphatic hydroxyl groups is 1. The van der Waals surface area contributed by atoms with Crippen molar-refractivity contribution in [3.05, 3.63) is 45.6 Å². The summed E-state index contributed by atoms with van der Waals surface area (Å²) in [4.78, 5) is 3.82. The summed E-state index contributed by atoms with van der Waals surface area (Å²) >= 11 is 1.63. The zero-order valence-corrected chi connectivity index (χ0v) is 21.4. The zero-order valence-electron chi connectivity index (χ0n) is 20.6. The molecular weight excluding hydrogens is 458 g/mol. The number of aromatic hydroxyl groups is 1. The number of benzene rings is 1. The Balaban J connectivity index is 1.37. The third kappa shape index (κ3) is 2.33. The van der Waals surface area contributed by atoms with Gasteiger partial charge in [-0.15, -0.1) is 11.3 Å². The van der Waals surface area contributed by atoms with E-state index in [1.807, 2.05) is 26.2 Å². The van der Waals surface area contributed by atoms with Crippen LogP contribution in [-0.4, -0.2) is 53.1 Å². The van der Waals surface area contributed by atoms with Gasteiger partial charge >= 0.3 is 0 Å². The molecule has 3 heterocycles. The lowest BCUT2D eigenvalue weighted by Crippen LogP contribution is -2.82. The number of likely N-dealkylation sites (tertiary alicyclic amines) is 1. The number of ether oxygens (including phenoxy) is 2. The molecule has 1 saturated heterocycles. The lowest BCUT2D eigenvalue weighted by atomic mass is 9.33. The molecule has 7 aliphatic rings. The van der Waals surface area contributed by atoms with Gasteiger partial charge in [-0.2, -0.15) is 0 Å². The second kappa shape index (κ2) is 6.63. The first-order valence-corrected chi connectivity index (χ1v) is 14.3. The van der Waals surface area contributed by atoms with E-state index in [-0.39, 0.29) is 28.6 Å². The van der Waals surface area contributed by atoms with Crippen LogP contribution in [-0.2, 0) is 22.2 Å². The van der Waals surface area contributed by atoms with Gasteiger partial charge in [-0.25, -0.2) is 0 Å². The van der Waals surface area contributed by atoms with Gasteiger partial charge in [0, 0.05) is 46.9 Å². The molecule has 4 bridgehead atoms. The first kappa shape index (κ1) is 21.5. The van der Waals surface area contributed by atoms with Gasteiger partial charge in [-0.3, -0.25) is 4.90 Å². The van der Waals surface area contributed by atoms with Crippen molar-refractivity contribution in [1.29, 1.82) is 0 Å². The van der Waals surface area contributed by atoms with Gasteiger partial charge in [0.05, 0.1) is 0 Å². The maximum atomic E-state index is 12.2. The molecule has 35 heavy (non-hydrogen) atoms. The highest BCUT2D eigenvalue weighted by atomic mass is 32.1. The number of rotatable bonds is 5. The third-order valence-electron chi connectivity index (χ3n) is 11.4. The van der Waals surface area contributed by atoms with E-state index < -0.39 is 11.2 Å². The minimum atomic E-state index is -1.00. The van der Waals surface area contributed by atoms with E-state index in [0.717, 1.165) is 49.4 Å². The highest BCUT2D eigenvalue weighted by Gasteiger charge is 2.82. The molecule has 2 aromatic rings. The monoisotopic (exact) mass is 493 g/mol. The summed E-state index contributed by atoms with van der Waals surface area (Å²) in [6.45, 7) is 4.29. The van der Waals surface area contributed by atoms with Gasteiger partial charge in [0.15, 0.2) is 11.5 Å². The Hall–Kier alpha value is -1.60. The first-order valence-electron chi connectivity index (χ1n) is 13.4. The summed E-state index contributed by atoms with van der Waals surface area (Å²) in [5, 5.41) is 25.3. The molecule has 9 rings (SSSR count). The molecule has 6 heteroatoms. The van der Waals surface area contributed by atoms with Crippen molar-refractivity contribution in [2.45, 2.75) is 80.6 Å². The molecule has 1 aromatic carbocycles. The molecule has 5 nitrogen and oxygen atoms in total. The van der Waals surface area contributed by atoms with Gasteiger partial charge in [0.1, 0.15) is 17.3 Å². The van der Waals surface area contributed by atoms with Crippen LogP contribution in [0.5, 0.6) is 11.5 Å². The molecular formula is C29H35NO4S. The van der Waals surface area contributed by atoms with Crippen LogP contribution in [0.2, 0.25) is 0 Å². The van der Waals surface area contributed by atoms with Crippen LogP contribution in [0.25, 0.3) is 0 Å². The molecule has 7 atom stereocenters. The van der Waals surface area contributed by atoms with Crippen LogP contribution in [0.1, 0.15) is 61.5 Å². The highest BCUT2D eigenvalue weighted by molar-refractivity contribution is 7.10. The first-order chi connectivity index (χ1) is 16.9. The Morgan fingerprint density at radius 2 is 2.09 bits per heavy atom. The van der Waals surface area contributed by atoms with Crippen LogP contribution < -0.4 is 4.74 Å². The van der Waals surface area contributed by atoms with Crippen molar-refractivity contribution in [2.24, 2.45) is 17.3 Å². The maximum absolute atomic E-state index is 12.2. The Morgan fingerprint density at radius 3 is 2.83 bits per heavy atom. The van der Waals surface area contributed by atoms with E-state index in [1.54, 1.807) is 11.3 Å². The molecule has 186 valence electrons. The Morgan fingerprint density at radius 1 is 1.23 bits per heavy atom. The topological polar surface area (TPSA) is 62.2 Å². The molecule has 7 unspecified atom stereocenters. The van der Waals surface area contributed by atoms with E-state index in [1.165, 1.54) is 30.5 Å². The molecule has 0 amide bonds. The van der Waals surface area contributed by atoms with Gasteiger partial charge in [-0.05, 0) is 87.4 Å². The van der Waals surface area contributed by atoms with E-state index in [0.29, 0.717) is 11.8 Å². The largest absolute Gasteiger partial charge is 0.504 e. The Kier molecular flexibility index (Phi) is 4.07. The average Bonchev–Trinajstić information content (AvgIpc) is 3.34. The fourth-order valence-electron chi connectivity index (χ4n) is 9.80. The normalized spacial score (nSPS) is 42.4. The number of hydrogen-bond acceptors (Lipinski definition) is 6. The Labute approximate surface area is 211 Å². The standard InChI is InChI=1S/C29H35NO4S/c1-26(32,22-4-3-13-35-22)20-15-27-9-10-29(20,33-2)25-28(27)11-12-30(16-17-5-6-17)21(27)14-18-7-8-19(31)24(34-25)23(18)28/h3-4,7-8,13,17,20-21,25,31-32H,5-6,9-12,14-16H2,1-2H3. The number of piperidine rings is 1. The molecule has 1 aromatic heterocycles. The molecule has 2 spiro atoms. The number of phenols is 1. The Bertz CT molecular complexity index is 1210. The second-order valence-corrected chi connectivity index (χ2v) is 13.5. The molecule has 2 N–H and O–H groups in total. The van der Waals surface area contributed by atoms with Crippen LogP contribution >= 0.6 is 11.3 Å². The molecule has 5 aliphatic carbocycles. The van der Waals surface area contributed by atoms with Gasteiger partial charge in [0.2, 0.25) is 0 Å². The van der Waals surface area contributed by atoms with Crippen LogP contribution in [0, 0.1) is 17.3 Å². The van der Waals surface area contributed by atoms with Crippen molar-refractivity contribution in [3.63, 3.8) is 0 Å². The average molecular weight is 494 g/mol. The summed E-state index contributed by atoms with van der Waals surface area (Å²) in [5.41, 5.74) is 0.893. The lowest BCUT2D eigenvalue weighted by molar-refractivity contribution is -0.303. The van der Waals surface area contributed by atoms with Crippen molar-refractivity contribution in [3.8, 4) is 11.5 Å². The van der Waals surface area contributed by atoms with Gasteiger partial charge in [0.25, 0.3) is 0 Å². The van der Waals surface area contributed by atoms with E-state index in [2.05, 4.69) is 22.4 Å². The van der Waals surface area contributed by atoms with Crippen molar-refractivity contribution in [2.75, 3.05) is 20.2 Å². The van der Waals surface area contributed by atoms with E-state index >= 15 is 0 Å². The highest BCUT2D eigenvalue weighted by Crippen LogP contribution is 2.78. The minimum absolute atomic E-state index is 0.0169. The zero-order chi connectivity index (χ0) is 23.8. The van der Waals surface area contributed by atoms with Gasteiger partial charge < -0.3 is 19.7 Å². The summed E-state index contributed by atoms with van der Waals surface area (Å²) in [6, 6.07) is 8.54. The predicted octanol–water partition coefficient (Wildman–Crippen LogP) is 4.59. The van der Waals surface area contributed by atoms with Crippen LogP contribution in [0.15, 0.2) is 29.6 Å². The van der Waals surface area contributed by atoms with Crippen molar-refractivity contribution >= 4 is 11.3 Å². The molecule has 4 saturated carbocycles. The fourth-order valence-corrected chi connectivity index (χ4v) is 10.6. The van der Waals surface area contributed by atoms with E-state index in [9.17, 15) is 10.2 Å². The number of fused-ring (bicyclic) bond motifs is 2. The molecule has 0 radical (unpaired) electrons. The number of phenolic OH excluding ortho intramolecular Hbond substituents is 1. The summed E-state index contributed by atoms with van der Waals surface area (Å²) in [7, 11) is 1.82. The summed E-state index contributed by atoms with van der Waals surface area (Å²) in [5.74, 6) is 1.73. The second-order valence-electron chi connectivity index (χ2n) is 12.5. The SMILES string of the molecule is COC12CCC3(CC1C(C)(O)c1cccs1)C1Cc4ccc(O)c5c4C3(CCN1CC1CC1)C2O5. The number of hydrogen-bond donors (Lipinski definition) is 2. The maximum Gasteiger partial charge on any atom is 0.165 e. The lowest BCUT2D eigenvalue weighted by Gasteiger charge is -2.75. The van der Waals surface area contributed by atoms with Crippen LogP contribution in [0.3, 0.4) is 0 Å². The molecule has 2 aliphatic heterocycles. The molecule has 5 fully saturated rings. The fraction of sp³-hybridized carbons (Fsp3) is 0.655. The van der Waals surface area contributed by atoms with Crippen LogP contribution in [0.4, 0.5) is 0 Å². The van der Waals surface area contributed by atoms with Crippen molar-refractivity contribution < 1.29 is 19.7 Å². The predicted molar refractivity (Wildman–Crippen MR) is 134 cm³/mol. The number of thiophene rings is 1. The van der Waals surface area contributed by atoms with E-state index in [4.69, 9.17) is 9.47 Å². The summed E-state index contributed by atoms with van der Waals surface area (Å²) in [6.07, 6.45) is 7.52.